The van der Waals surface area contributed by atoms with Crippen LogP contribution >= 0.6 is 23.2 Å². The smallest absolute Gasteiger partial charge is 0.170 e. The quantitative estimate of drug-likeness (QED) is 0.287. The standard InChI is InChI=1S/C28H21Cl2N7/c29-20-7-11-22(12-8-20)37-26(23-3-1-2-4-24(23)30)34-25-27(32-18-33-28(25)37)36-15-13-35(14-16-36)21-9-5-19(17-31)6-10-21/h1-12,18H,13-16H2. The van der Waals surface area contributed by atoms with E-state index in [2.05, 4.69) is 25.8 Å². The Morgan fingerprint density at radius 3 is 2.14 bits per heavy atom. The van der Waals surface area contributed by atoms with Gasteiger partial charge in [0, 0.05) is 48.1 Å². The molecular weight excluding hydrogens is 505 g/mol. The number of rotatable bonds is 4. The van der Waals surface area contributed by atoms with Crippen LogP contribution in [0.1, 0.15) is 5.56 Å². The molecule has 37 heavy (non-hydrogen) atoms. The minimum Gasteiger partial charge on any atom is -0.368 e. The summed E-state index contributed by atoms with van der Waals surface area (Å²) in [5.74, 6) is 1.49. The zero-order valence-corrected chi connectivity index (χ0v) is 21.2. The molecule has 182 valence electrons. The van der Waals surface area contributed by atoms with Gasteiger partial charge >= 0.3 is 0 Å². The van der Waals surface area contributed by atoms with Crippen LogP contribution in [0.15, 0.2) is 79.1 Å². The summed E-state index contributed by atoms with van der Waals surface area (Å²) in [7, 11) is 0. The van der Waals surface area contributed by atoms with E-state index in [1.54, 1.807) is 6.33 Å². The first-order valence-electron chi connectivity index (χ1n) is 11.9. The molecule has 1 aliphatic rings. The first kappa shape index (κ1) is 23.3. The van der Waals surface area contributed by atoms with Crippen molar-refractivity contribution < 1.29 is 0 Å². The molecule has 0 amide bonds. The van der Waals surface area contributed by atoms with Gasteiger partial charge in [-0.1, -0.05) is 35.3 Å². The van der Waals surface area contributed by atoms with Gasteiger partial charge in [0.1, 0.15) is 12.2 Å². The first-order chi connectivity index (χ1) is 18.1. The van der Waals surface area contributed by atoms with Crippen molar-refractivity contribution in [2.75, 3.05) is 36.0 Å². The Kier molecular flexibility index (Phi) is 6.13. The van der Waals surface area contributed by atoms with Gasteiger partial charge in [0.05, 0.1) is 16.7 Å². The molecule has 2 aromatic heterocycles. The van der Waals surface area contributed by atoms with Gasteiger partial charge < -0.3 is 9.80 Å². The van der Waals surface area contributed by atoms with E-state index in [-0.39, 0.29) is 0 Å². The molecule has 0 unspecified atom stereocenters. The van der Waals surface area contributed by atoms with E-state index in [1.165, 1.54) is 0 Å². The number of imidazole rings is 1. The lowest BCUT2D eigenvalue weighted by molar-refractivity contribution is 0.648. The number of halogens is 2. The van der Waals surface area contributed by atoms with Crippen molar-refractivity contribution in [2.45, 2.75) is 0 Å². The molecule has 1 saturated heterocycles. The van der Waals surface area contributed by atoms with Crippen LogP contribution in [0.2, 0.25) is 10.0 Å². The number of nitriles is 1. The summed E-state index contributed by atoms with van der Waals surface area (Å²) in [6, 6.07) is 25.1. The van der Waals surface area contributed by atoms with Crippen molar-refractivity contribution in [2.24, 2.45) is 0 Å². The van der Waals surface area contributed by atoms with Gasteiger partial charge in [-0.2, -0.15) is 5.26 Å². The SMILES string of the molecule is N#Cc1ccc(N2CCN(c3ncnc4c3nc(-c3ccccc3Cl)n4-c3ccc(Cl)cc3)CC2)cc1. The number of hydrogen-bond donors (Lipinski definition) is 0. The summed E-state index contributed by atoms with van der Waals surface area (Å²) in [5, 5.41) is 10.3. The molecule has 0 bridgehead atoms. The van der Waals surface area contributed by atoms with E-state index in [0.717, 1.165) is 54.5 Å². The number of benzene rings is 3. The highest BCUT2D eigenvalue weighted by molar-refractivity contribution is 6.33. The molecule has 0 N–H and O–H groups in total. The summed E-state index contributed by atoms with van der Waals surface area (Å²) < 4.78 is 2.01. The molecule has 0 aliphatic carbocycles. The monoisotopic (exact) mass is 525 g/mol. The van der Waals surface area contributed by atoms with Crippen LogP contribution in [0.3, 0.4) is 0 Å². The van der Waals surface area contributed by atoms with E-state index in [0.29, 0.717) is 27.1 Å². The summed E-state index contributed by atoms with van der Waals surface area (Å²) >= 11 is 12.8. The fourth-order valence-corrected chi connectivity index (χ4v) is 5.04. The average Bonchev–Trinajstić information content (AvgIpc) is 3.33. The highest BCUT2D eigenvalue weighted by Crippen LogP contribution is 2.35. The minimum atomic E-state index is 0.610. The molecule has 3 aromatic carbocycles. The van der Waals surface area contributed by atoms with Gasteiger partial charge in [-0.3, -0.25) is 4.57 Å². The lowest BCUT2D eigenvalue weighted by Gasteiger charge is -2.36. The molecular formula is C28H21Cl2N7. The van der Waals surface area contributed by atoms with Gasteiger partial charge in [0.2, 0.25) is 0 Å². The maximum atomic E-state index is 9.08. The van der Waals surface area contributed by atoms with Crippen LogP contribution in [0.4, 0.5) is 11.5 Å². The number of fused-ring (bicyclic) bond motifs is 1. The van der Waals surface area contributed by atoms with Crippen LogP contribution in [-0.2, 0) is 0 Å². The Hall–Kier alpha value is -4.12. The Labute approximate surface area is 224 Å². The highest BCUT2D eigenvalue weighted by atomic mass is 35.5. The van der Waals surface area contributed by atoms with E-state index in [9.17, 15) is 0 Å². The van der Waals surface area contributed by atoms with Crippen molar-refractivity contribution in [3.8, 4) is 23.1 Å². The normalized spacial score (nSPS) is 13.6. The Balaban J connectivity index is 1.39. The summed E-state index contributed by atoms with van der Waals surface area (Å²) in [5.41, 5.74) is 4.90. The van der Waals surface area contributed by atoms with Crippen molar-refractivity contribution >= 4 is 45.9 Å². The van der Waals surface area contributed by atoms with Gasteiger partial charge in [-0.05, 0) is 60.7 Å². The third-order valence-electron chi connectivity index (χ3n) is 6.57. The third-order valence-corrected chi connectivity index (χ3v) is 7.15. The van der Waals surface area contributed by atoms with Gasteiger partial charge in [-0.25, -0.2) is 15.0 Å². The predicted molar refractivity (Wildman–Crippen MR) is 148 cm³/mol. The molecule has 0 saturated carbocycles. The van der Waals surface area contributed by atoms with Crippen LogP contribution in [-0.4, -0.2) is 45.7 Å². The maximum absolute atomic E-state index is 9.08. The number of nitrogens with zero attached hydrogens (tertiary/aromatic N) is 7. The number of hydrogen-bond acceptors (Lipinski definition) is 6. The number of anilines is 2. The molecule has 3 heterocycles. The first-order valence-corrected chi connectivity index (χ1v) is 12.6. The Morgan fingerprint density at radius 2 is 1.43 bits per heavy atom. The highest BCUT2D eigenvalue weighted by Gasteiger charge is 2.25. The Morgan fingerprint density at radius 1 is 0.757 bits per heavy atom. The lowest BCUT2D eigenvalue weighted by Crippen LogP contribution is -2.47. The maximum Gasteiger partial charge on any atom is 0.170 e. The number of aromatic nitrogens is 4. The summed E-state index contributed by atoms with van der Waals surface area (Å²) in [6.45, 7) is 3.21. The van der Waals surface area contributed by atoms with E-state index in [1.807, 2.05) is 77.4 Å². The summed E-state index contributed by atoms with van der Waals surface area (Å²) in [4.78, 5) is 18.9. The molecule has 7 nitrogen and oxygen atoms in total. The van der Waals surface area contributed by atoms with E-state index in [4.69, 9.17) is 33.4 Å². The van der Waals surface area contributed by atoms with E-state index >= 15 is 0 Å². The van der Waals surface area contributed by atoms with Crippen molar-refractivity contribution in [1.29, 1.82) is 5.26 Å². The molecule has 1 fully saturated rings. The number of piperazine rings is 1. The van der Waals surface area contributed by atoms with Crippen molar-refractivity contribution in [1.82, 2.24) is 19.5 Å². The summed E-state index contributed by atoms with van der Waals surface area (Å²) in [6.07, 6.45) is 1.59. The lowest BCUT2D eigenvalue weighted by atomic mass is 10.2. The Bertz CT molecular complexity index is 1610. The average molecular weight is 526 g/mol. The van der Waals surface area contributed by atoms with Crippen LogP contribution in [0.25, 0.3) is 28.2 Å². The fourth-order valence-electron chi connectivity index (χ4n) is 4.69. The van der Waals surface area contributed by atoms with Gasteiger partial charge in [0.25, 0.3) is 0 Å². The topological polar surface area (TPSA) is 73.9 Å². The second-order valence-corrected chi connectivity index (χ2v) is 9.57. The van der Waals surface area contributed by atoms with Crippen molar-refractivity contribution in [3.63, 3.8) is 0 Å². The third kappa shape index (κ3) is 4.35. The molecule has 1 aliphatic heterocycles. The van der Waals surface area contributed by atoms with Crippen LogP contribution in [0.5, 0.6) is 0 Å². The molecule has 0 atom stereocenters. The molecule has 9 heteroatoms. The van der Waals surface area contributed by atoms with Gasteiger partial charge in [0.15, 0.2) is 17.0 Å². The van der Waals surface area contributed by atoms with Gasteiger partial charge in [-0.15, -0.1) is 0 Å². The molecule has 6 rings (SSSR count). The largest absolute Gasteiger partial charge is 0.368 e. The zero-order valence-electron chi connectivity index (χ0n) is 19.7. The molecule has 0 spiro atoms. The van der Waals surface area contributed by atoms with Crippen molar-refractivity contribution in [3.05, 3.63) is 94.7 Å². The second kappa shape index (κ2) is 9.74. The minimum absolute atomic E-state index is 0.610. The van der Waals surface area contributed by atoms with Crippen LogP contribution in [0, 0.1) is 11.3 Å². The predicted octanol–water partition coefficient (Wildman–Crippen LogP) is 5.99. The van der Waals surface area contributed by atoms with Crippen LogP contribution < -0.4 is 9.80 Å². The second-order valence-electron chi connectivity index (χ2n) is 8.73. The molecule has 5 aromatic rings. The van der Waals surface area contributed by atoms with E-state index < -0.39 is 0 Å². The molecule has 0 radical (unpaired) electrons. The fraction of sp³-hybridized carbons (Fsp3) is 0.143. The zero-order chi connectivity index (χ0) is 25.4.